The fourth-order valence-electron chi connectivity index (χ4n) is 1.41. The summed E-state index contributed by atoms with van der Waals surface area (Å²) < 4.78 is 0.898. The van der Waals surface area contributed by atoms with Crippen molar-refractivity contribution in [2.24, 2.45) is 0 Å². The molecule has 0 saturated carbocycles. The molecule has 15 heavy (non-hydrogen) atoms. The molecule has 2 aromatic rings. The Bertz CT molecular complexity index is 456. The summed E-state index contributed by atoms with van der Waals surface area (Å²) in [4.78, 5) is 2.96. The Hall–Kier alpha value is -0.770. The number of aromatic amines is 1. The van der Waals surface area contributed by atoms with Gasteiger partial charge in [0, 0.05) is 26.9 Å². The van der Waals surface area contributed by atoms with E-state index in [1.165, 1.54) is 0 Å². The van der Waals surface area contributed by atoms with Crippen LogP contribution in [0.2, 0.25) is 5.02 Å². The molecule has 2 nitrogen and oxygen atoms in total. The molecule has 0 radical (unpaired) electrons. The number of aromatic nitrogens is 1. The SMILES string of the molecule is OC(c1ccc[nH]1)c1ccc(Br)cc1Cl. The molecule has 1 aromatic carbocycles. The number of benzene rings is 1. The number of halogens is 2. The molecule has 0 spiro atoms. The molecule has 78 valence electrons. The second kappa shape index (κ2) is 4.39. The van der Waals surface area contributed by atoms with Crippen LogP contribution in [0.25, 0.3) is 0 Å². The van der Waals surface area contributed by atoms with Gasteiger partial charge in [0.05, 0.1) is 0 Å². The number of aliphatic hydroxyl groups is 1. The summed E-state index contributed by atoms with van der Waals surface area (Å²) in [6, 6.07) is 9.09. The smallest absolute Gasteiger partial charge is 0.120 e. The van der Waals surface area contributed by atoms with Crippen molar-refractivity contribution in [2.45, 2.75) is 6.10 Å². The minimum Gasteiger partial charge on any atom is -0.382 e. The zero-order valence-electron chi connectivity index (χ0n) is 7.74. The lowest BCUT2D eigenvalue weighted by Gasteiger charge is -2.11. The quantitative estimate of drug-likeness (QED) is 0.871. The normalized spacial score (nSPS) is 12.7. The molecule has 1 heterocycles. The molecule has 0 saturated heterocycles. The van der Waals surface area contributed by atoms with Gasteiger partial charge in [-0.15, -0.1) is 0 Å². The third-order valence-electron chi connectivity index (χ3n) is 2.17. The second-order valence-electron chi connectivity index (χ2n) is 3.19. The molecular formula is C11H9BrClNO. The van der Waals surface area contributed by atoms with Gasteiger partial charge in [0.25, 0.3) is 0 Å². The van der Waals surface area contributed by atoms with E-state index in [1.54, 1.807) is 18.3 Å². The first-order valence-electron chi connectivity index (χ1n) is 4.45. The van der Waals surface area contributed by atoms with Gasteiger partial charge in [-0.25, -0.2) is 0 Å². The van der Waals surface area contributed by atoms with Crippen LogP contribution in [0.15, 0.2) is 41.0 Å². The highest BCUT2D eigenvalue weighted by molar-refractivity contribution is 9.10. The maximum absolute atomic E-state index is 10.0. The van der Waals surface area contributed by atoms with Crippen molar-refractivity contribution in [1.82, 2.24) is 4.98 Å². The number of aliphatic hydroxyl groups excluding tert-OH is 1. The molecule has 0 fully saturated rings. The molecular weight excluding hydrogens is 277 g/mol. The van der Waals surface area contributed by atoms with Crippen LogP contribution in [0, 0.1) is 0 Å². The number of hydrogen-bond donors (Lipinski definition) is 2. The Balaban J connectivity index is 2.38. The van der Waals surface area contributed by atoms with Gasteiger partial charge >= 0.3 is 0 Å². The summed E-state index contributed by atoms with van der Waals surface area (Å²) in [6.45, 7) is 0. The first kappa shape index (κ1) is 10.7. The van der Waals surface area contributed by atoms with E-state index in [1.807, 2.05) is 18.2 Å². The van der Waals surface area contributed by atoms with Gasteiger partial charge in [-0.05, 0) is 24.3 Å². The molecule has 1 aromatic heterocycles. The van der Waals surface area contributed by atoms with Crippen molar-refractivity contribution in [3.63, 3.8) is 0 Å². The Kier molecular flexibility index (Phi) is 3.14. The van der Waals surface area contributed by atoms with Gasteiger partial charge in [0.2, 0.25) is 0 Å². The van der Waals surface area contributed by atoms with Crippen molar-refractivity contribution in [3.8, 4) is 0 Å². The first-order chi connectivity index (χ1) is 7.18. The lowest BCUT2D eigenvalue weighted by atomic mass is 10.1. The lowest BCUT2D eigenvalue weighted by Crippen LogP contribution is -2.00. The van der Waals surface area contributed by atoms with E-state index >= 15 is 0 Å². The van der Waals surface area contributed by atoms with Crippen molar-refractivity contribution >= 4 is 27.5 Å². The van der Waals surface area contributed by atoms with Crippen LogP contribution in [0.1, 0.15) is 17.4 Å². The van der Waals surface area contributed by atoms with Crippen LogP contribution in [0.3, 0.4) is 0 Å². The standard InChI is InChI=1S/C11H9BrClNO/c12-7-3-4-8(9(13)6-7)11(15)10-2-1-5-14-10/h1-6,11,14-15H. The molecule has 1 atom stereocenters. The van der Waals surface area contributed by atoms with Crippen LogP contribution in [-0.4, -0.2) is 10.1 Å². The molecule has 0 aliphatic heterocycles. The highest BCUT2D eigenvalue weighted by atomic mass is 79.9. The summed E-state index contributed by atoms with van der Waals surface area (Å²) in [7, 11) is 0. The fraction of sp³-hybridized carbons (Fsp3) is 0.0909. The maximum Gasteiger partial charge on any atom is 0.120 e. The van der Waals surface area contributed by atoms with Gasteiger partial charge < -0.3 is 10.1 Å². The third kappa shape index (κ3) is 2.25. The van der Waals surface area contributed by atoms with Gasteiger partial charge in [-0.3, -0.25) is 0 Å². The predicted octanol–water partition coefficient (Wildman–Crippen LogP) is 3.51. The van der Waals surface area contributed by atoms with E-state index in [4.69, 9.17) is 11.6 Å². The number of H-pyrrole nitrogens is 1. The van der Waals surface area contributed by atoms with E-state index in [9.17, 15) is 5.11 Å². The van der Waals surface area contributed by atoms with E-state index in [2.05, 4.69) is 20.9 Å². The fourth-order valence-corrected chi connectivity index (χ4v) is 2.18. The van der Waals surface area contributed by atoms with E-state index in [0.717, 1.165) is 10.2 Å². The Morgan fingerprint density at radius 1 is 1.33 bits per heavy atom. The zero-order chi connectivity index (χ0) is 10.8. The molecule has 0 amide bonds. The van der Waals surface area contributed by atoms with Gasteiger partial charge in [0.15, 0.2) is 0 Å². The molecule has 0 aliphatic rings. The van der Waals surface area contributed by atoms with E-state index < -0.39 is 6.10 Å². The third-order valence-corrected chi connectivity index (χ3v) is 2.99. The van der Waals surface area contributed by atoms with E-state index in [-0.39, 0.29) is 0 Å². The van der Waals surface area contributed by atoms with Crippen LogP contribution >= 0.6 is 27.5 Å². The lowest BCUT2D eigenvalue weighted by molar-refractivity contribution is 0.216. The summed E-state index contributed by atoms with van der Waals surface area (Å²) in [6.07, 6.45) is 1.06. The predicted molar refractivity (Wildman–Crippen MR) is 64.0 cm³/mol. The van der Waals surface area contributed by atoms with Gasteiger partial charge in [0.1, 0.15) is 6.10 Å². The Morgan fingerprint density at radius 2 is 2.13 bits per heavy atom. The highest BCUT2D eigenvalue weighted by Crippen LogP contribution is 2.29. The van der Waals surface area contributed by atoms with Gasteiger partial charge in [-0.2, -0.15) is 0 Å². The molecule has 2 rings (SSSR count). The van der Waals surface area contributed by atoms with Crippen LogP contribution in [0.5, 0.6) is 0 Å². The summed E-state index contributed by atoms with van der Waals surface area (Å²) in [5.74, 6) is 0. The second-order valence-corrected chi connectivity index (χ2v) is 4.52. The van der Waals surface area contributed by atoms with Crippen LogP contribution in [-0.2, 0) is 0 Å². The minimum absolute atomic E-state index is 0.548. The summed E-state index contributed by atoms with van der Waals surface area (Å²) in [5.41, 5.74) is 1.43. The van der Waals surface area contributed by atoms with Crippen molar-refractivity contribution in [3.05, 3.63) is 57.3 Å². The zero-order valence-corrected chi connectivity index (χ0v) is 10.1. The number of nitrogens with one attached hydrogen (secondary N) is 1. The summed E-state index contributed by atoms with van der Waals surface area (Å²) in [5, 5.41) is 10.6. The highest BCUT2D eigenvalue weighted by Gasteiger charge is 2.14. The minimum atomic E-state index is -0.708. The van der Waals surface area contributed by atoms with Crippen molar-refractivity contribution < 1.29 is 5.11 Å². The average Bonchev–Trinajstić information content (AvgIpc) is 2.69. The topological polar surface area (TPSA) is 36.0 Å². The monoisotopic (exact) mass is 285 g/mol. The largest absolute Gasteiger partial charge is 0.382 e. The molecule has 2 N–H and O–H groups in total. The molecule has 4 heteroatoms. The first-order valence-corrected chi connectivity index (χ1v) is 5.62. The molecule has 0 bridgehead atoms. The Labute approximate surface area is 101 Å². The van der Waals surface area contributed by atoms with Crippen molar-refractivity contribution in [1.29, 1.82) is 0 Å². The molecule has 1 unspecified atom stereocenters. The maximum atomic E-state index is 10.0. The van der Waals surface area contributed by atoms with Crippen molar-refractivity contribution in [2.75, 3.05) is 0 Å². The summed E-state index contributed by atoms with van der Waals surface area (Å²) >= 11 is 9.36. The number of hydrogen-bond acceptors (Lipinski definition) is 1. The number of rotatable bonds is 2. The molecule has 0 aliphatic carbocycles. The Morgan fingerprint density at radius 3 is 2.73 bits per heavy atom. The average molecular weight is 287 g/mol. The van der Waals surface area contributed by atoms with Gasteiger partial charge in [-0.1, -0.05) is 33.6 Å². The van der Waals surface area contributed by atoms with E-state index in [0.29, 0.717) is 10.6 Å². The van der Waals surface area contributed by atoms with Crippen LogP contribution in [0.4, 0.5) is 0 Å². The van der Waals surface area contributed by atoms with Crippen LogP contribution < -0.4 is 0 Å².